The molecule has 2 rings (SSSR count). The minimum Gasteiger partial charge on any atom is -0.328 e. The molecule has 0 aliphatic heterocycles. The molecule has 0 aliphatic carbocycles. The Hall–Kier alpha value is -1.50. The normalized spacial score (nSPS) is 11.6. The minimum absolute atomic E-state index is 0. The summed E-state index contributed by atoms with van der Waals surface area (Å²) in [5.41, 5.74) is 8.05. The van der Waals surface area contributed by atoms with Crippen molar-refractivity contribution in [2.75, 3.05) is 5.32 Å². The topological polar surface area (TPSA) is 80.9 Å². The Kier molecular flexibility index (Phi) is 7.44. The van der Waals surface area contributed by atoms with Gasteiger partial charge in [-0.3, -0.25) is 4.79 Å². The lowest BCUT2D eigenvalue weighted by Crippen LogP contribution is -2.19. The second kappa shape index (κ2) is 8.82. The lowest BCUT2D eigenvalue weighted by molar-refractivity contribution is -0.116. The SMILES string of the molecule is Cc1ccc(Cc2nnc(NC(=O)CCC(C)N)s2)cc1.Cl. The Morgan fingerprint density at radius 3 is 2.64 bits per heavy atom. The molecule has 1 atom stereocenters. The van der Waals surface area contributed by atoms with Gasteiger partial charge in [-0.1, -0.05) is 41.2 Å². The molecular weight excluding hydrogens is 320 g/mol. The predicted molar refractivity (Wildman–Crippen MR) is 92.7 cm³/mol. The summed E-state index contributed by atoms with van der Waals surface area (Å²) in [4.78, 5) is 11.7. The summed E-state index contributed by atoms with van der Waals surface area (Å²) in [6.45, 7) is 3.95. The highest BCUT2D eigenvalue weighted by Crippen LogP contribution is 2.19. The Balaban J connectivity index is 0.00000242. The molecule has 5 nitrogen and oxygen atoms in total. The third-order valence-electron chi connectivity index (χ3n) is 3.02. The van der Waals surface area contributed by atoms with E-state index in [0.717, 1.165) is 11.4 Å². The lowest BCUT2D eigenvalue weighted by Gasteiger charge is -2.03. The Morgan fingerprint density at radius 2 is 2.00 bits per heavy atom. The number of hydrogen-bond donors (Lipinski definition) is 2. The highest BCUT2D eigenvalue weighted by atomic mass is 35.5. The van der Waals surface area contributed by atoms with Crippen LogP contribution in [0.15, 0.2) is 24.3 Å². The molecule has 0 radical (unpaired) electrons. The van der Waals surface area contributed by atoms with Gasteiger partial charge in [0.2, 0.25) is 11.0 Å². The summed E-state index contributed by atoms with van der Waals surface area (Å²) in [6, 6.07) is 8.34. The van der Waals surface area contributed by atoms with Crippen molar-refractivity contribution in [2.45, 2.75) is 39.2 Å². The van der Waals surface area contributed by atoms with Crippen LogP contribution >= 0.6 is 23.7 Å². The van der Waals surface area contributed by atoms with E-state index >= 15 is 0 Å². The third kappa shape index (κ3) is 6.09. The number of nitrogens with zero attached hydrogens (tertiary/aromatic N) is 2. The van der Waals surface area contributed by atoms with E-state index in [-0.39, 0.29) is 24.4 Å². The van der Waals surface area contributed by atoms with E-state index in [2.05, 4.69) is 46.7 Å². The van der Waals surface area contributed by atoms with Crippen molar-refractivity contribution < 1.29 is 4.79 Å². The minimum atomic E-state index is -0.0645. The molecule has 2 aromatic rings. The molecule has 7 heteroatoms. The van der Waals surface area contributed by atoms with E-state index in [4.69, 9.17) is 5.73 Å². The molecule has 1 heterocycles. The molecule has 0 fully saturated rings. The van der Waals surface area contributed by atoms with Crippen molar-refractivity contribution in [1.29, 1.82) is 0 Å². The van der Waals surface area contributed by atoms with Crippen LogP contribution in [0, 0.1) is 6.92 Å². The molecule has 0 spiro atoms. The monoisotopic (exact) mass is 340 g/mol. The van der Waals surface area contributed by atoms with Crippen LogP contribution < -0.4 is 11.1 Å². The molecule has 0 saturated heterocycles. The molecule has 1 aromatic carbocycles. The molecule has 1 amide bonds. The Labute approximate surface area is 140 Å². The van der Waals surface area contributed by atoms with E-state index < -0.39 is 0 Å². The zero-order valence-corrected chi connectivity index (χ0v) is 14.3. The van der Waals surface area contributed by atoms with Crippen molar-refractivity contribution >= 4 is 34.8 Å². The van der Waals surface area contributed by atoms with Gasteiger partial charge in [-0.2, -0.15) is 0 Å². The van der Waals surface area contributed by atoms with Crippen LogP contribution in [0.4, 0.5) is 5.13 Å². The first-order chi connectivity index (χ1) is 10.0. The number of amides is 1. The van der Waals surface area contributed by atoms with E-state index in [1.807, 2.05) is 6.92 Å². The summed E-state index contributed by atoms with van der Waals surface area (Å²) in [5.74, 6) is -0.0645. The zero-order chi connectivity index (χ0) is 15.2. The number of aromatic nitrogens is 2. The van der Waals surface area contributed by atoms with Crippen LogP contribution in [-0.4, -0.2) is 22.1 Å². The number of halogens is 1. The summed E-state index contributed by atoms with van der Waals surface area (Å²) in [7, 11) is 0. The maximum absolute atomic E-state index is 11.7. The quantitative estimate of drug-likeness (QED) is 0.847. The molecular formula is C15H21ClN4OS. The largest absolute Gasteiger partial charge is 0.328 e. The number of nitrogens with one attached hydrogen (secondary N) is 1. The van der Waals surface area contributed by atoms with Gasteiger partial charge in [-0.15, -0.1) is 22.6 Å². The van der Waals surface area contributed by atoms with Crippen LogP contribution in [0.5, 0.6) is 0 Å². The number of hydrogen-bond acceptors (Lipinski definition) is 5. The maximum Gasteiger partial charge on any atom is 0.226 e. The van der Waals surface area contributed by atoms with Gasteiger partial charge < -0.3 is 11.1 Å². The average Bonchev–Trinajstić information content (AvgIpc) is 2.86. The zero-order valence-electron chi connectivity index (χ0n) is 12.7. The fourth-order valence-corrected chi connectivity index (χ4v) is 2.59. The van der Waals surface area contributed by atoms with Crippen LogP contribution in [0.1, 0.15) is 35.9 Å². The maximum atomic E-state index is 11.7. The number of benzene rings is 1. The van der Waals surface area contributed by atoms with Crippen LogP contribution in [-0.2, 0) is 11.2 Å². The van der Waals surface area contributed by atoms with Gasteiger partial charge >= 0.3 is 0 Å². The number of anilines is 1. The van der Waals surface area contributed by atoms with Crippen molar-refractivity contribution in [1.82, 2.24) is 10.2 Å². The highest BCUT2D eigenvalue weighted by molar-refractivity contribution is 7.15. The molecule has 0 aliphatic rings. The number of carbonyl (C=O) groups excluding carboxylic acids is 1. The second-order valence-electron chi connectivity index (χ2n) is 5.23. The highest BCUT2D eigenvalue weighted by Gasteiger charge is 2.09. The summed E-state index contributed by atoms with van der Waals surface area (Å²) < 4.78 is 0. The number of aryl methyl sites for hydroxylation is 1. The van der Waals surface area contributed by atoms with Crippen molar-refractivity contribution in [2.24, 2.45) is 5.73 Å². The number of carbonyl (C=O) groups is 1. The molecule has 3 N–H and O–H groups in total. The van der Waals surface area contributed by atoms with Gasteiger partial charge in [0.25, 0.3) is 0 Å². The van der Waals surface area contributed by atoms with Gasteiger partial charge in [0, 0.05) is 18.9 Å². The summed E-state index contributed by atoms with van der Waals surface area (Å²) >= 11 is 1.41. The molecule has 120 valence electrons. The smallest absolute Gasteiger partial charge is 0.226 e. The lowest BCUT2D eigenvalue weighted by atomic mass is 10.1. The van der Waals surface area contributed by atoms with Gasteiger partial charge in [0.15, 0.2) is 0 Å². The van der Waals surface area contributed by atoms with Crippen LogP contribution in [0.2, 0.25) is 0 Å². The van der Waals surface area contributed by atoms with Crippen LogP contribution in [0.25, 0.3) is 0 Å². The van der Waals surface area contributed by atoms with E-state index in [0.29, 0.717) is 18.0 Å². The molecule has 1 unspecified atom stereocenters. The number of rotatable bonds is 6. The molecule has 22 heavy (non-hydrogen) atoms. The Bertz CT molecular complexity index is 598. The number of nitrogens with two attached hydrogens (primary N) is 1. The standard InChI is InChI=1S/C15H20N4OS.ClH/c1-10-3-6-12(7-4-10)9-14-18-19-15(21-14)17-13(20)8-5-11(2)16;/h3-4,6-7,11H,5,8-9,16H2,1-2H3,(H,17,19,20);1H. The first kappa shape index (κ1) is 18.5. The summed E-state index contributed by atoms with van der Waals surface area (Å²) in [5, 5.41) is 12.3. The fourth-order valence-electron chi connectivity index (χ4n) is 1.80. The van der Waals surface area contributed by atoms with Gasteiger partial charge in [0.05, 0.1) is 0 Å². The van der Waals surface area contributed by atoms with Crippen LogP contribution in [0.3, 0.4) is 0 Å². The fraction of sp³-hybridized carbons (Fsp3) is 0.400. The molecule has 0 bridgehead atoms. The molecule has 0 saturated carbocycles. The van der Waals surface area contributed by atoms with E-state index in [1.165, 1.54) is 22.5 Å². The first-order valence-electron chi connectivity index (χ1n) is 6.96. The van der Waals surface area contributed by atoms with Crippen molar-refractivity contribution in [3.8, 4) is 0 Å². The third-order valence-corrected chi connectivity index (χ3v) is 3.85. The second-order valence-corrected chi connectivity index (χ2v) is 6.29. The van der Waals surface area contributed by atoms with Gasteiger partial charge in [-0.25, -0.2) is 0 Å². The van der Waals surface area contributed by atoms with Gasteiger partial charge in [-0.05, 0) is 25.8 Å². The van der Waals surface area contributed by atoms with E-state index in [9.17, 15) is 4.79 Å². The predicted octanol–water partition coefficient (Wildman–Crippen LogP) is 2.93. The van der Waals surface area contributed by atoms with Gasteiger partial charge in [0.1, 0.15) is 5.01 Å². The summed E-state index contributed by atoms with van der Waals surface area (Å²) in [6.07, 6.45) is 1.80. The van der Waals surface area contributed by atoms with Crippen molar-refractivity contribution in [3.05, 3.63) is 40.4 Å². The Morgan fingerprint density at radius 1 is 1.32 bits per heavy atom. The first-order valence-corrected chi connectivity index (χ1v) is 7.78. The average molecular weight is 341 g/mol. The van der Waals surface area contributed by atoms with Crippen molar-refractivity contribution in [3.63, 3.8) is 0 Å². The van der Waals surface area contributed by atoms with E-state index in [1.54, 1.807) is 0 Å². The molecule has 1 aromatic heterocycles.